The van der Waals surface area contributed by atoms with Crippen LogP contribution >= 0.6 is 0 Å². The highest BCUT2D eigenvalue weighted by molar-refractivity contribution is 5.92. The summed E-state index contributed by atoms with van der Waals surface area (Å²) in [7, 11) is 0. The number of carbonyl (C=O) groups is 3. The van der Waals surface area contributed by atoms with Crippen LogP contribution in [0.3, 0.4) is 0 Å². The Labute approximate surface area is 263 Å². The molecule has 0 heterocycles. The van der Waals surface area contributed by atoms with Crippen LogP contribution in [0.25, 0.3) is 0 Å². The van der Waals surface area contributed by atoms with Gasteiger partial charge in [-0.15, -0.1) is 0 Å². The van der Waals surface area contributed by atoms with Crippen molar-refractivity contribution in [2.24, 2.45) is 0 Å². The largest absolute Gasteiger partial charge is 0.444 e. The van der Waals surface area contributed by atoms with Crippen molar-refractivity contribution in [3.05, 3.63) is 107 Å². The van der Waals surface area contributed by atoms with Crippen LogP contribution in [0.5, 0.6) is 0 Å². The number of alkyl carbamates (subject to hydrolysis) is 1. The number of unbranched alkanes of at least 4 members (excludes halogenated alkanes) is 3. The van der Waals surface area contributed by atoms with Crippen molar-refractivity contribution in [1.82, 2.24) is 15.5 Å². The van der Waals surface area contributed by atoms with Gasteiger partial charge in [-0.05, 0) is 63.3 Å². The minimum absolute atomic E-state index is 0.259. The normalized spacial score (nSPS) is 12.6. The summed E-state index contributed by atoms with van der Waals surface area (Å²) >= 11 is 0. The molecule has 7 nitrogen and oxygen atoms in total. The fourth-order valence-corrected chi connectivity index (χ4v) is 5.16. The van der Waals surface area contributed by atoms with Crippen LogP contribution in [0.4, 0.5) is 4.79 Å². The van der Waals surface area contributed by atoms with Crippen molar-refractivity contribution in [3.63, 3.8) is 0 Å². The molecule has 3 aromatic rings. The van der Waals surface area contributed by atoms with Crippen LogP contribution in [0.2, 0.25) is 0 Å². The second-order valence-corrected chi connectivity index (χ2v) is 12.4. The van der Waals surface area contributed by atoms with E-state index in [1.54, 1.807) is 25.7 Å². The molecule has 3 rings (SSSR count). The number of hydrogen-bond donors (Lipinski definition) is 2. The molecule has 3 aromatic carbocycles. The third-order valence-corrected chi connectivity index (χ3v) is 7.41. The van der Waals surface area contributed by atoms with E-state index in [2.05, 4.69) is 17.6 Å². The van der Waals surface area contributed by atoms with Crippen LogP contribution in [0.1, 0.15) is 87.2 Å². The second kappa shape index (κ2) is 16.6. The number of carbonyl (C=O) groups excluding carboxylic acids is 3. The van der Waals surface area contributed by atoms with Gasteiger partial charge in [-0.25, -0.2) is 4.79 Å². The van der Waals surface area contributed by atoms with Gasteiger partial charge in [0.2, 0.25) is 11.8 Å². The van der Waals surface area contributed by atoms with Gasteiger partial charge in [-0.1, -0.05) is 111 Å². The molecule has 0 saturated carbocycles. The summed E-state index contributed by atoms with van der Waals surface area (Å²) < 4.78 is 5.56. The SMILES string of the molecule is CCCCCCN(C(=O)C(Cc1ccccc1)NC(=O)OC(C)(C)C)C(C(=O)NCc1ccccc1)c1cc(C)ccc1C. The van der Waals surface area contributed by atoms with Gasteiger partial charge >= 0.3 is 6.09 Å². The number of nitrogens with zero attached hydrogens (tertiary/aromatic N) is 1. The van der Waals surface area contributed by atoms with E-state index in [0.717, 1.165) is 53.5 Å². The number of hydrogen-bond acceptors (Lipinski definition) is 4. The molecule has 2 atom stereocenters. The maximum absolute atomic E-state index is 14.7. The monoisotopic (exact) mass is 599 g/mol. The standard InChI is InChI=1S/C37H49N3O4/c1-7-8-9-16-23-40(35(42)32(25-29-17-12-10-13-18-29)39-36(43)44-37(4,5)6)33(31-24-27(2)21-22-28(31)3)34(41)38-26-30-19-14-11-15-20-30/h10-15,17-22,24,32-33H,7-9,16,23,25-26H2,1-6H3,(H,38,41)(H,39,43). The summed E-state index contributed by atoms with van der Waals surface area (Å²) in [6.45, 7) is 12.2. The first-order valence-electron chi connectivity index (χ1n) is 15.7. The predicted molar refractivity (Wildman–Crippen MR) is 176 cm³/mol. The van der Waals surface area contributed by atoms with Crippen LogP contribution in [0, 0.1) is 13.8 Å². The highest BCUT2D eigenvalue weighted by atomic mass is 16.6. The van der Waals surface area contributed by atoms with Crippen molar-refractivity contribution >= 4 is 17.9 Å². The fourth-order valence-electron chi connectivity index (χ4n) is 5.16. The third kappa shape index (κ3) is 10.9. The number of nitrogens with one attached hydrogen (secondary N) is 2. The minimum atomic E-state index is -0.937. The zero-order chi connectivity index (χ0) is 32.1. The van der Waals surface area contributed by atoms with Crippen molar-refractivity contribution in [3.8, 4) is 0 Å². The molecular weight excluding hydrogens is 550 g/mol. The van der Waals surface area contributed by atoms with E-state index in [1.807, 2.05) is 92.7 Å². The zero-order valence-corrected chi connectivity index (χ0v) is 27.2. The van der Waals surface area contributed by atoms with Crippen molar-refractivity contribution in [1.29, 1.82) is 0 Å². The van der Waals surface area contributed by atoms with E-state index in [-0.39, 0.29) is 18.2 Å². The second-order valence-electron chi connectivity index (χ2n) is 12.4. The van der Waals surface area contributed by atoms with E-state index in [4.69, 9.17) is 4.74 Å². The molecule has 2 N–H and O–H groups in total. The maximum Gasteiger partial charge on any atom is 0.408 e. The van der Waals surface area contributed by atoms with E-state index in [9.17, 15) is 14.4 Å². The van der Waals surface area contributed by atoms with E-state index in [1.165, 1.54) is 0 Å². The molecule has 0 bridgehead atoms. The van der Waals surface area contributed by atoms with Crippen molar-refractivity contribution in [2.45, 2.75) is 97.9 Å². The molecule has 0 spiro atoms. The molecule has 0 aliphatic rings. The van der Waals surface area contributed by atoms with Gasteiger partial charge in [0.15, 0.2) is 0 Å². The smallest absolute Gasteiger partial charge is 0.408 e. The number of ether oxygens (including phenoxy) is 1. The molecule has 2 unspecified atom stereocenters. The molecular formula is C37H49N3O4. The topological polar surface area (TPSA) is 87.7 Å². The minimum Gasteiger partial charge on any atom is -0.444 e. The van der Waals surface area contributed by atoms with E-state index < -0.39 is 23.8 Å². The Hall–Kier alpha value is -4.13. The average Bonchev–Trinajstić information content (AvgIpc) is 2.98. The lowest BCUT2D eigenvalue weighted by atomic mass is 9.95. The summed E-state index contributed by atoms with van der Waals surface area (Å²) in [5, 5.41) is 5.95. The summed E-state index contributed by atoms with van der Waals surface area (Å²) in [6, 6.07) is 23.5. The lowest BCUT2D eigenvalue weighted by Gasteiger charge is -2.35. The molecule has 0 aliphatic carbocycles. The Kier molecular flexibility index (Phi) is 13.0. The predicted octanol–water partition coefficient (Wildman–Crippen LogP) is 7.21. The van der Waals surface area contributed by atoms with E-state index in [0.29, 0.717) is 13.1 Å². The number of rotatable bonds is 14. The van der Waals surface area contributed by atoms with E-state index >= 15 is 0 Å². The number of benzene rings is 3. The summed E-state index contributed by atoms with van der Waals surface area (Å²) in [5.74, 6) is -0.584. The van der Waals surface area contributed by atoms with Crippen LogP contribution in [-0.4, -0.2) is 41.0 Å². The lowest BCUT2D eigenvalue weighted by Crippen LogP contribution is -2.54. The highest BCUT2D eigenvalue weighted by Gasteiger charge is 2.37. The molecule has 0 fully saturated rings. The summed E-state index contributed by atoms with van der Waals surface area (Å²) in [6.07, 6.45) is 3.32. The quantitative estimate of drug-likeness (QED) is 0.192. The Morgan fingerprint density at radius 1 is 0.841 bits per heavy atom. The fraction of sp³-hybridized carbons (Fsp3) is 0.432. The summed E-state index contributed by atoms with van der Waals surface area (Å²) in [4.78, 5) is 43.6. The average molecular weight is 600 g/mol. The van der Waals surface area contributed by atoms with Gasteiger partial charge < -0.3 is 20.3 Å². The van der Waals surface area contributed by atoms with Crippen LogP contribution in [0.15, 0.2) is 78.9 Å². The van der Waals surface area contributed by atoms with Gasteiger partial charge in [-0.2, -0.15) is 0 Å². The first kappa shape index (κ1) is 34.4. The van der Waals surface area contributed by atoms with Crippen LogP contribution in [-0.2, 0) is 27.3 Å². The van der Waals surface area contributed by atoms with Gasteiger partial charge in [0, 0.05) is 19.5 Å². The Morgan fingerprint density at radius 2 is 1.48 bits per heavy atom. The molecule has 7 heteroatoms. The Bertz CT molecular complexity index is 1350. The molecule has 44 heavy (non-hydrogen) atoms. The molecule has 3 amide bonds. The van der Waals surface area contributed by atoms with Crippen molar-refractivity contribution in [2.75, 3.05) is 6.54 Å². The van der Waals surface area contributed by atoms with Gasteiger partial charge in [-0.3, -0.25) is 9.59 Å². The Morgan fingerprint density at radius 3 is 2.09 bits per heavy atom. The maximum atomic E-state index is 14.7. The lowest BCUT2D eigenvalue weighted by molar-refractivity contribution is -0.142. The Balaban J connectivity index is 2.05. The number of amides is 3. The molecule has 0 saturated heterocycles. The van der Waals surface area contributed by atoms with Crippen molar-refractivity contribution < 1.29 is 19.1 Å². The number of aryl methyl sites for hydroxylation is 2. The molecule has 0 aromatic heterocycles. The van der Waals surface area contributed by atoms with Gasteiger partial charge in [0.05, 0.1) is 0 Å². The summed E-state index contributed by atoms with van der Waals surface area (Å²) in [5.41, 5.74) is 3.82. The van der Waals surface area contributed by atoms with Gasteiger partial charge in [0.25, 0.3) is 0 Å². The first-order valence-corrected chi connectivity index (χ1v) is 15.7. The molecule has 0 aliphatic heterocycles. The molecule has 0 radical (unpaired) electrons. The zero-order valence-electron chi connectivity index (χ0n) is 27.2. The highest BCUT2D eigenvalue weighted by Crippen LogP contribution is 2.28. The third-order valence-electron chi connectivity index (χ3n) is 7.41. The molecule has 236 valence electrons. The van der Waals surface area contributed by atoms with Crippen LogP contribution < -0.4 is 10.6 Å². The van der Waals surface area contributed by atoms with Gasteiger partial charge in [0.1, 0.15) is 17.7 Å². The first-order chi connectivity index (χ1) is 21.0.